The Labute approximate surface area is 225 Å². The number of sulfonamides is 1. The van der Waals surface area contributed by atoms with Crippen molar-refractivity contribution in [3.05, 3.63) is 83.9 Å². The van der Waals surface area contributed by atoms with Gasteiger partial charge in [-0.15, -0.1) is 0 Å². The Hall–Kier alpha value is -3.52. The summed E-state index contributed by atoms with van der Waals surface area (Å²) in [6.45, 7) is 9.91. The van der Waals surface area contributed by atoms with E-state index in [9.17, 15) is 13.2 Å². The van der Waals surface area contributed by atoms with E-state index in [1.807, 2.05) is 56.3 Å². The van der Waals surface area contributed by atoms with Crippen LogP contribution >= 0.6 is 0 Å². The van der Waals surface area contributed by atoms with E-state index in [1.165, 1.54) is 23.5 Å². The molecule has 0 saturated heterocycles. The predicted octanol–water partition coefficient (Wildman–Crippen LogP) is 5.09. The first kappa shape index (κ1) is 27.5. The van der Waals surface area contributed by atoms with Crippen molar-refractivity contribution in [2.24, 2.45) is 0 Å². The number of hydrogen-bond acceptors (Lipinski definition) is 5. The van der Waals surface area contributed by atoms with Crippen LogP contribution in [-0.2, 0) is 26.7 Å². The molecule has 38 heavy (non-hydrogen) atoms. The van der Waals surface area contributed by atoms with Crippen molar-refractivity contribution in [2.75, 3.05) is 18.0 Å². The molecule has 1 N–H and O–H groups in total. The van der Waals surface area contributed by atoms with Gasteiger partial charge in [0.05, 0.1) is 24.2 Å². The van der Waals surface area contributed by atoms with Crippen LogP contribution in [0.15, 0.2) is 77.7 Å². The van der Waals surface area contributed by atoms with Crippen molar-refractivity contribution in [3.8, 4) is 11.5 Å². The second kappa shape index (κ2) is 10.3. The fourth-order valence-corrected chi connectivity index (χ4v) is 5.99. The first-order chi connectivity index (χ1) is 17.8. The molecule has 1 heterocycles. The Morgan fingerprint density at radius 2 is 1.66 bits per heavy atom. The van der Waals surface area contributed by atoms with Crippen LogP contribution in [0, 0.1) is 0 Å². The summed E-state index contributed by atoms with van der Waals surface area (Å²) in [6, 6.07) is 21.6. The molecule has 0 unspecified atom stereocenters. The normalized spacial score (nSPS) is 15.8. The Balaban J connectivity index is 1.68. The Morgan fingerprint density at radius 1 is 1.00 bits per heavy atom. The maximum Gasteiger partial charge on any atom is 0.264 e. The topological polar surface area (TPSA) is 84.9 Å². The van der Waals surface area contributed by atoms with E-state index in [2.05, 4.69) is 26.1 Å². The molecule has 0 spiro atoms. The molecule has 8 heteroatoms. The van der Waals surface area contributed by atoms with Crippen molar-refractivity contribution in [3.63, 3.8) is 0 Å². The summed E-state index contributed by atoms with van der Waals surface area (Å²) in [5.74, 6) is 0.535. The number of hydrogen-bond donors (Lipinski definition) is 1. The molecule has 1 atom stereocenters. The van der Waals surface area contributed by atoms with Gasteiger partial charge in [0.15, 0.2) is 6.10 Å². The highest BCUT2D eigenvalue weighted by Gasteiger charge is 2.39. The van der Waals surface area contributed by atoms with E-state index in [0.29, 0.717) is 23.6 Å². The molecule has 4 rings (SSSR count). The van der Waals surface area contributed by atoms with Gasteiger partial charge in [-0.05, 0) is 73.2 Å². The summed E-state index contributed by atoms with van der Waals surface area (Å²) in [5.41, 5.74) is 1.69. The van der Waals surface area contributed by atoms with Gasteiger partial charge in [-0.2, -0.15) is 0 Å². The number of carbonyl (C=O) groups excluding carboxylic acids is 1. The van der Waals surface area contributed by atoms with Gasteiger partial charge in [0.2, 0.25) is 0 Å². The molecule has 0 aromatic heterocycles. The van der Waals surface area contributed by atoms with Gasteiger partial charge in [0.1, 0.15) is 11.5 Å². The summed E-state index contributed by atoms with van der Waals surface area (Å²) < 4.78 is 40.4. The zero-order chi connectivity index (χ0) is 27.7. The fourth-order valence-electron chi connectivity index (χ4n) is 4.52. The molecule has 0 fully saturated rings. The number of carbonyl (C=O) groups is 1. The molecule has 202 valence electrons. The molecular formula is C30H36N2O5S. The summed E-state index contributed by atoms with van der Waals surface area (Å²) in [6.07, 6.45) is -0.405. The predicted molar refractivity (Wildman–Crippen MR) is 149 cm³/mol. The van der Waals surface area contributed by atoms with Gasteiger partial charge in [-0.25, -0.2) is 8.42 Å². The van der Waals surface area contributed by atoms with E-state index < -0.39 is 21.7 Å². The molecule has 0 bridgehead atoms. The Bertz CT molecular complexity index is 1390. The summed E-state index contributed by atoms with van der Waals surface area (Å²) in [4.78, 5) is 13.6. The van der Waals surface area contributed by atoms with Crippen molar-refractivity contribution in [1.82, 2.24) is 5.32 Å². The van der Waals surface area contributed by atoms with Crippen molar-refractivity contribution >= 4 is 21.6 Å². The molecule has 7 nitrogen and oxygen atoms in total. The monoisotopic (exact) mass is 536 g/mol. The van der Waals surface area contributed by atoms with E-state index in [4.69, 9.17) is 9.47 Å². The van der Waals surface area contributed by atoms with Crippen LogP contribution in [0.4, 0.5) is 5.69 Å². The average Bonchev–Trinajstić information content (AvgIpc) is 2.87. The van der Waals surface area contributed by atoms with Crippen molar-refractivity contribution < 1.29 is 22.7 Å². The third kappa shape index (κ3) is 5.96. The van der Waals surface area contributed by atoms with Crippen LogP contribution in [0.1, 0.15) is 45.7 Å². The van der Waals surface area contributed by atoms with Crippen LogP contribution < -0.4 is 19.1 Å². The van der Waals surface area contributed by atoms with Crippen LogP contribution in [0.2, 0.25) is 0 Å². The summed E-state index contributed by atoms with van der Waals surface area (Å²) in [7, 11) is -2.48. The lowest BCUT2D eigenvalue weighted by Gasteiger charge is -2.37. The Kier molecular flexibility index (Phi) is 7.48. The highest BCUT2D eigenvalue weighted by molar-refractivity contribution is 7.92. The maximum absolute atomic E-state index is 13.9. The van der Waals surface area contributed by atoms with Crippen molar-refractivity contribution in [2.45, 2.75) is 63.0 Å². The Morgan fingerprint density at radius 3 is 2.26 bits per heavy atom. The van der Waals surface area contributed by atoms with Gasteiger partial charge >= 0.3 is 0 Å². The summed E-state index contributed by atoms with van der Waals surface area (Å²) in [5, 5.41) is 3.07. The fraction of sp³-hybridized carbons (Fsp3) is 0.367. The minimum absolute atomic E-state index is 0.107. The lowest BCUT2D eigenvalue weighted by molar-refractivity contribution is -0.129. The first-order valence-corrected chi connectivity index (χ1v) is 14.1. The zero-order valence-corrected chi connectivity index (χ0v) is 23.6. The number of nitrogens with zero attached hydrogens (tertiary/aromatic N) is 1. The van der Waals surface area contributed by atoms with Gasteiger partial charge in [-0.3, -0.25) is 9.10 Å². The van der Waals surface area contributed by atoms with Crippen LogP contribution in [0.3, 0.4) is 0 Å². The molecule has 0 radical (unpaired) electrons. The summed E-state index contributed by atoms with van der Waals surface area (Å²) >= 11 is 0. The third-order valence-corrected chi connectivity index (χ3v) is 8.38. The molecule has 3 aromatic carbocycles. The smallest absolute Gasteiger partial charge is 0.264 e. The van der Waals surface area contributed by atoms with Gasteiger partial charge in [-0.1, -0.05) is 57.2 Å². The number of fused-ring (bicyclic) bond motifs is 1. The number of methoxy groups -OCH3 is 1. The molecule has 3 aromatic rings. The molecular weight excluding hydrogens is 500 g/mol. The molecule has 1 aliphatic heterocycles. The largest absolute Gasteiger partial charge is 0.497 e. The minimum Gasteiger partial charge on any atom is -0.497 e. The number of benzene rings is 3. The SMILES string of the molecule is COc1ccc(S(=O)(=O)N2C[C@H](C(=O)NC(C)(C)Cc3ccccc3)Oc3ccc(C(C)(C)C)cc32)cc1. The highest BCUT2D eigenvalue weighted by Crippen LogP contribution is 2.40. The molecule has 0 saturated carbocycles. The number of rotatable bonds is 7. The van der Waals surface area contributed by atoms with Crippen molar-refractivity contribution in [1.29, 1.82) is 0 Å². The molecule has 0 aliphatic carbocycles. The van der Waals surface area contributed by atoms with Crippen LogP contribution in [0.25, 0.3) is 0 Å². The quantitative estimate of drug-likeness (QED) is 0.455. The lowest BCUT2D eigenvalue weighted by atomic mass is 9.86. The van der Waals surface area contributed by atoms with E-state index in [0.717, 1.165) is 11.1 Å². The minimum atomic E-state index is -4.00. The molecule has 1 aliphatic rings. The van der Waals surface area contributed by atoms with Gasteiger partial charge in [0.25, 0.3) is 15.9 Å². The maximum atomic E-state index is 13.9. The standard InChI is InChI=1S/C30H36N2O5S/c1-29(2,3)22-12-17-26-25(18-22)32(38(34,35)24-15-13-23(36-6)14-16-24)20-27(37-26)28(33)31-30(4,5)19-21-10-8-7-9-11-21/h7-18,27H,19-20H2,1-6H3,(H,31,33)/t27-/m1/s1. The lowest BCUT2D eigenvalue weighted by Crippen LogP contribution is -2.55. The number of anilines is 1. The van der Waals surface area contributed by atoms with Gasteiger partial charge in [0, 0.05) is 5.54 Å². The first-order valence-electron chi connectivity index (χ1n) is 12.6. The second-order valence-electron chi connectivity index (χ2n) is 11.3. The van der Waals surface area contributed by atoms with Gasteiger partial charge < -0.3 is 14.8 Å². The average molecular weight is 537 g/mol. The van der Waals surface area contributed by atoms with E-state index in [1.54, 1.807) is 18.2 Å². The number of ether oxygens (including phenoxy) is 2. The number of amides is 1. The zero-order valence-electron chi connectivity index (χ0n) is 22.8. The van der Waals surface area contributed by atoms with Crippen LogP contribution in [-0.4, -0.2) is 39.6 Å². The molecule has 1 amide bonds. The van der Waals surface area contributed by atoms with E-state index in [-0.39, 0.29) is 22.8 Å². The van der Waals surface area contributed by atoms with E-state index >= 15 is 0 Å². The number of nitrogens with one attached hydrogen (secondary N) is 1. The second-order valence-corrected chi connectivity index (χ2v) is 13.1. The third-order valence-electron chi connectivity index (χ3n) is 6.58. The van der Waals surface area contributed by atoms with Crippen LogP contribution in [0.5, 0.6) is 11.5 Å². The highest BCUT2D eigenvalue weighted by atomic mass is 32.2.